The molecule has 0 fully saturated rings. The summed E-state index contributed by atoms with van der Waals surface area (Å²) in [7, 11) is 0. The first-order valence-electron chi connectivity index (χ1n) is 2.86. The zero-order valence-electron chi connectivity index (χ0n) is 5.70. The summed E-state index contributed by atoms with van der Waals surface area (Å²) in [6.07, 6.45) is 0. The Labute approximate surface area is 79.9 Å². The Morgan fingerprint density at radius 3 is 2.00 bits per heavy atom. The predicted molar refractivity (Wildman–Crippen MR) is 47.7 cm³/mol. The van der Waals surface area contributed by atoms with Gasteiger partial charge in [0.15, 0.2) is 0 Å². The average molecular weight is 262 g/mol. The van der Waals surface area contributed by atoms with E-state index >= 15 is 0 Å². The predicted octanol–water partition coefficient (Wildman–Crippen LogP) is 1.01. The minimum Gasteiger partial charge on any atom is 0 e. The monoisotopic (exact) mass is 264 g/mol. The van der Waals surface area contributed by atoms with E-state index in [1.54, 1.807) is 0 Å². The van der Waals surface area contributed by atoms with E-state index in [2.05, 4.69) is 34.6 Å². The second kappa shape index (κ2) is 4.87. The molecule has 0 nitrogen and oxygen atoms in total. The minimum absolute atomic E-state index is 0. The minimum atomic E-state index is 0. The van der Waals surface area contributed by atoms with Crippen molar-refractivity contribution in [3.05, 3.63) is 35.9 Å². The molecule has 0 amide bonds. The van der Waals surface area contributed by atoms with E-state index in [4.69, 9.17) is 0 Å². The Hall–Kier alpha value is 0.129. The molecular formula is C8H8Se2. The summed E-state index contributed by atoms with van der Waals surface area (Å²) >= 11 is 2.97. The van der Waals surface area contributed by atoms with Crippen molar-refractivity contribution in [1.82, 2.24) is 0 Å². The Morgan fingerprint density at radius 2 is 1.70 bits per heavy atom. The normalized spacial score (nSPS) is 8.10. The molecule has 1 rings (SSSR count). The third-order valence-electron chi connectivity index (χ3n) is 1.18. The smallest absolute Gasteiger partial charge is 0 e. The number of rotatable bonds is 1. The van der Waals surface area contributed by atoms with Crippen molar-refractivity contribution in [1.29, 1.82) is 0 Å². The summed E-state index contributed by atoms with van der Waals surface area (Å²) in [5.41, 5.74) is 1.28. The third kappa shape index (κ3) is 2.81. The number of benzene rings is 1. The van der Waals surface area contributed by atoms with E-state index < -0.39 is 0 Å². The van der Waals surface area contributed by atoms with Crippen LogP contribution in [-0.4, -0.2) is 37.1 Å². The van der Waals surface area contributed by atoms with Crippen LogP contribution in [0.1, 0.15) is 12.5 Å². The first-order chi connectivity index (χ1) is 4.30. The Balaban J connectivity index is 0.000000810. The molecular weight excluding hydrogens is 254 g/mol. The van der Waals surface area contributed by atoms with Crippen molar-refractivity contribution in [2.75, 3.05) is 0 Å². The van der Waals surface area contributed by atoms with Gasteiger partial charge < -0.3 is 0 Å². The largest absolute Gasteiger partial charge is 0 e. The second-order valence-corrected chi connectivity index (χ2v) is 3.21. The molecule has 0 aliphatic carbocycles. The maximum atomic E-state index is 2.97. The van der Waals surface area contributed by atoms with Crippen LogP contribution in [-0.2, 0) is 0 Å². The van der Waals surface area contributed by atoms with Gasteiger partial charge in [-0.2, -0.15) is 0 Å². The van der Waals surface area contributed by atoms with Crippen LogP contribution in [0.2, 0.25) is 0 Å². The molecule has 52 valence electrons. The van der Waals surface area contributed by atoms with Crippen molar-refractivity contribution in [2.24, 2.45) is 0 Å². The molecule has 10 heavy (non-hydrogen) atoms. The van der Waals surface area contributed by atoms with Crippen LogP contribution >= 0.6 is 0 Å². The van der Waals surface area contributed by atoms with Gasteiger partial charge in [0.1, 0.15) is 0 Å². The fraction of sp³-hybridized carbons (Fsp3) is 0.125. The van der Waals surface area contributed by atoms with Gasteiger partial charge in [0.25, 0.3) is 0 Å². The van der Waals surface area contributed by atoms with Crippen LogP contribution in [0.3, 0.4) is 0 Å². The van der Waals surface area contributed by atoms with Gasteiger partial charge >= 0.3 is 62.8 Å². The van der Waals surface area contributed by atoms with E-state index in [9.17, 15) is 0 Å². The summed E-state index contributed by atoms with van der Waals surface area (Å²) in [5.74, 6) is 0. The van der Waals surface area contributed by atoms with Crippen LogP contribution in [0.5, 0.6) is 0 Å². The SMILES string of the molecule is CC(=[Se])c1ccccc1.[Se]. The summed E-state index contributed by atoms with van der Waals surface area (Å²) in [6, 6.07) is 10.3. The molecule has 0 atom stereocenters. The molecule has 1 aromatic rings. The van der Waals surface area contributed by atoms with Crippen LogP contribution in [0, 0.1) is 0 Å². The van der Waals surface area contributed by atoms with Crippen molar-refractivity contribution in [3.8, 4) is 0 Å². The molecule has 1 aromatic carbocycles. The molecule has 2 radical (unpaired) electrons. The summed E-state index contributed by atoms with van der Waals surface area (Å²) in [5, 5.41) is 0. The van der Waals surface area contributed by atoms with Gasteiger partial charge in [0, 0.05) is 17.1 Å². The summed E-state index contributed by atoms with van der Waals surface area (Å²) in [4.78, 5) is 0. The van der Waals surface area contributed by atoms with Gasteiger partial charge in [0.2, 0.25) is 0 Å². The first kappa shape index (κ1) is 10.1. The van der Waals surface area contributed by atoms with Gasteiger partial charge in [-0.05, 0) is 0 Å². The van der Waals surface area contributed by atoms with Crippen molar-refractivity contribution in [3.63, 3.8) is 0 Å². The number of hydrogen-bond donors (Lipinski definition) is 0. The van der Waals surface area contributed by atoms with Gasteiger partial charge in [-0.3, -0.25) is 0 Å². The van der Waals surface area contributed by atoms with Crippen LogP contribution in [0.25, 0.3) is 0 Å². The van der Waals surface area contributed by atoms with Crippen molar-refractivity contribution < 1.29 is 0 Å². The maximum absolute atomic E-state index is 2.97. The molecule has 0 heterocycles. The number of hydrogen-bond acceptors (Lipinski definition) is 0. The maximum Gasteiger partial charge on any atom is 0 e. The van der Waals surface area contributed by atoms with Crippen LogP contribution < -0.4 is 0 Å². The Bertz CT molecular complexity index is 204. The molecule has 0 saturated carbocycles. The Morgan fingerprint density at radius 1 is 1.20 bits per heavy atom. The van der Waals surface area contributed by atoms with E-state index in [1.807, 2.05) is 18.2 Å². The average Bonchev–Trinajstić information content (AvgIpc) is 1.90. The Kier molecular flexibility index (Phi) is 4.93. The zero-order chi connectivity index (χ0) is 6.69. The van der Waals surface area contributed by atoms with Crippen LogP contribution in [0.4, 0.5) is 0 Å². The van der Waals surface area contributed by atoms with Gasteiger partial charge in [-0.1, -0.05) is 0 Å². The fourth-order valence-electron chi connectivity index (χ4n) is 0.673. The van der Waals surface area contributed by atoms with E-state index in [0.29, 0.717) is 0 Å². The molecule has 2 heteroatoms. The molecule has 0 aliphatic rings. The summed E-state index contributed by atoms with van der Waals surface area (Å²) in [6.45, 7) is 2.06. The standard InChI is InChI=1S/C8H8Se.Se/c1-7(9)8-5-3-2-4-6-8;/h2-6H,1H3;. The van der Waals surface area contributed by atoms with Crippen molar-refractivity contribution in [2.45, 2.75) is 6.92 Å². The molecule has 0 aliphatic heterocycles. The quantitative estimate of drug-likeness (QED) is 0.663. The third-order valence-corrected chi connectivity index (χ3v) is 1.67. The first-order valence-corrected chi connectivity index (χ1v) is 3.72. The molecule has 0 aromatic heterocycles. The molecule has 0 saturated heterocycles. The van der Waals surface area contributed by atoms with Gasteiger partial charge in [-0.25, -0.2) is 0 Å². The zero-order valence-corrected chi connectivity index (χ0v) is 9.13. The topological polar surface area (TPSA) is 0 Å². The molecule has 0 bridgehead atoms. The fourth-order valence-corrected chi connectivity index (χ4v) is 0.958. The second-order valence-electron chi connectivity index (χ2n) is 1.92. The summed E-state index contributed by atoms with van der Waals surface area (Å²) < 4.78 is 1.25. The van der Waals surface area contributed by atoms with E-state index in [0.717, 1.165) is 0 Å². The van der Waals surface area contributed by atoms with Crippen molar-refractivity contribution >= 4 is 37.1 Å². The van der Waals surface area contributed by atoms with Crippen LogP contribution in [0.15, 0.2) is 30.3 Å². The van der Waals surface area contributed by atoms with E-state index in [-0.39, 0.29) is 17.1 Å². The van der Waals surface area contributed by atoms with Gasteiger partial charge in [0.05, 0.1) is 0 Å². The molecule has 0 N–H and O–H groups in total. The molecule has 0 unspecified atom stereocenters. The molecule has 0 spiro atoms. The van der Waals surface area contributed by atoms with Gasteiger partial charge in [-0.15, -0.1) is 0 Å². The van der Waals surface area contributed by atoms with E-state index in [1.165, 1.54) is 9.98 Å².